The van der Waals surface area contributed by atoms with Crippen LogP contribution in [0.15, 0.2) is 36.4 Å². The molecule has 0 atom stereocenters. The quantitative estimate of drug-likeness (QED) is 0.517. The largest absolute Gasteiger partial charge is 0.478 e. The van der Waals surface area contributed by atoms with Gasteiger partial charge in [0.1, 0.15) is 5.52 Å². The number of rotatable bonds is 7. The number of esters is 1. The number of aryl methyl sites for hydroxylation is 1. The van der Waals surface area contributed by atoms with Gasteiger partial charge in [-0.1, -0.05) is 29.3 Å². The van der Waals surface area contributed by atoms with Gasteiger partial charge < -0.3 is 24.3 Å². The number of benzene rings is 2. The third kappa shape index (κ3) is 4.98. The summed E-state index contributed by atoms with van der Waals surface area (Å²) in [5.74, 6) is 0.323. The molecule has 0 unspecified atom stereocenters. The van der Waals surface area contributed by atoms with Crippen LogP contribution in [-0.2, 0) is 20.9 Å². The zero-order valence-corrected chi connectivity index (χ0v) is 18.5. The molecule has 1 amide bonds. The summed E-state index contributed by atoms with van der Waals surface area (Å²) in [5, 5.41) is 3.95. The van der Waals surface area contributed by atoms with E-state index in [1.807, 2.05) is 19.1 Å². The van der Waals surface area contributed by atoms with Crippen LogP contribution in [0.1, 0.15) is 11.3 Å². The van der Waals surface area contributed by atoms with Gasteiger partial charge in [0.2, 0.25) is 6.79 Å². The van der Waals surface area contributed by atoms with Crippen molar-refractivity contribution in [2.75, 3.05) is 20.0 Å². The Bertz CT molecular complexity index is 1200. The summed E-state index contributed by atoms with van der Waals surface area (Å²) in [6.45, 7) is 1.35. The minimum absolute atomic E-state index is 0.176. The van der Waals surface area contributed by atoms with Crippen LogP contribution in [0.5, 0.6) is 17.2 Å². The van der Waals surface area contributed by atoms with Crippen molar-refractivity contribution in [3.8, 4) is 17.2 Å². The van der Waals surface area contributed by atoms with Crippen LogP contribution < -0.4 is 19.5 Å². The minimum atomic E-state index is -0.727. The average Bonchev–Trinajstić information content (AvgIpc) is 3.23. The maximum atomic E-state index is 12.1. The summed E-state index contributed by atoms with van der Waals surface area (Å²) < 4.78 is 21.1. The summed E-state index contributed by atoms with van der Waals surface area (Å²) in [6.07, 6.45) is 0. The first kappa shape index (κ1) is 22.0. The lowest BCUT2D eigenvalue weighted by molar-refractivity contribution is -0.150. The highest BCUT2D eigenvalue weighted by atomic mass is 35.5. The third-order valence-corrected chi connectivity index (χ3v) is 5.20. The number of carbonyl (C=O) groups excluding carboxylic acids is 2. The maximum absolute atomic E-state index is 12.1. The Hall–Kier alpha value is -3.23. The summed E-state index contributed by atoms with van der Waals surface area (Å²) in [5.41, 5.74) is 2.00. The van der Waals surface area contributed by atoms with Gasteiger partial charge in [-0.3, -0.25) is 4.79 Å². The molecular weight excluding hydrogens is 459 g/mol. The molecule has 0 aliphatic carbocycles. The smallest absolute Gasteiger partial charge is 0.344 e. The second kappa shape index (κ2) is 9.50. The van der Waals surface area contributed by atoms with Crippen LogP contribution in [0.2, 0.25) is 10.0 Å². The normalized spacial score (nSPS) is 12.0. The highest BCUT2D eigenvalue weighted by molar-refractivity contribution is 6.39. The number of nitrogens with zero attached hydrogens (tertiary/aromatic N) is 1. The number of nitrogens with one attached hydrogen (secondary N) is 1. The molecule has 4 rings (SSSR count). The van der Waals surface area contributed by atoms with E-state index in [1.165, 1.54) is 6.07 Å². The van der Waals surface area contributed by atoms with Gasteiger partial charge in [0, 0.05) is 17.6 Å². The number of halogens is 2. The van der Waals surface area contributed by atoms with Crippen LogP contribution in [0, 0.1) is 6.92 Å². The van der Waals surface area contributed by atoms with E-state index >= 15 is 0 Å². The third-order valence-electron chi connectivity index (χ3n) is 4.60. The van der Waals surface area contributed by atoms with Gasteiger partial charge in [-0.05, 0) is 42.8 Å². The lowest BCUT2D eigenvalue weighted by Crippen LogP contribution is -2.29. The van der Waals surface area contributed by atoms with E-state index in [-0.39, 0.29) is 24.1 Å². The Labute approximate surface area is 193 Å². The number of amides is 1. The molecule has 32 heavy (non-hydrogen) atoms. The molecule has 0 fully saturated rings. The second-order valence-electron chi connectivity index (χ2n) is 6.93. The Morgan fingerprint density at radius 3 is 2.72 bits per heavy atom. The van der Waals surface area contributed by atoms with Gasteiger partial charge in [0.05, 0.1) is 10.0 Å². The van der Waals surface area contributed by atoms with Gasteiger partial charge in [-0.25, -0.2) is 9.78 Å². The molecule has 1 aliphatic heterocycles. The summed E-state index contributed by atoms with van der Waals surface area (Å²) in [4.78, 5) is 28.5. The molecule has 8 nitrogen and oxygen atoms in total. The maximum Gasteiger partial charge on any atom is 0.344 e. The fraction of sp³-hybridized carbons (Fsp3) is 0.227. The van der Waals surface area contributed by atoms with Crippen molar-refractivity contribution < 1.29 is 28.5 Å². The molecule has 0 spiro atoms. The van der Waals surface area contributed by atoms with Crippen LogP contribution in [0.4, 0.5) is 0 Å². The van der Waals surface area contributed by atoms with Crippen LogP contribution in [0.25, 0.3) is 10.9 Å². The Kier molecular flexibility index (Phi) is 6.53. The molecule has 0 saturated carbocycles. The number of fused-ring (bicyclic) bond motifs is 2. The van der Waals surface area contributed by atoms with E-state index in [0.29, 0.717) is 27.4 Å². The van der Waals surface area contributed by atoms with Crippen LogP contribution >= 0.6 is 23.2 Å². The monoisotopic (exact) mass is 476 g/mol. The molecular formula is C22H18Cl2N2O6. The molecule has 0 saturated heterocycles. The predicted molar refractivity (Wildman–Crippen MR) is 117 cm³/mol. The first-order valence-corrected chi connectivity index (χ1v) is 10.4. The van der Waals surface area contributed by atoms with Crippen molar-refractivity contribution in [3.63, 3.8) is 0 Å². The number of hydrogen-bond acceptors (Lipinski definition) is 7. The number of hydrogen-bond donors (Lipinski definition) is 1. The molecule has 2 heterocycles. The van der Waals surface area contributed by atoms with Crippen molar-refractivity contribution in [1.29, 1.82) is 0 Å². The number of carbonyl (C=O) groups is 2. The topological polar surface area (TPSA) is 96.0 Å². The molecule has 166 valence electrons. The highest BCUT2D eigenvalue weighted by Crippen LogP contribution is 2.37. The van der Waals surface area contributed by atoms with Gasteiger partial charge >= 0.3 is 5.97 Å². The standard InChI is InChI=1S/C22H18Cl2N2O6/c1-12-2-4-14-15(23)7-16(24)22(21(14)26-12)30-10-20(28)29-9-19(27)25-8-13-3-5-17-18(6-13)32-11-31-17/h2-7H,8-11H2,1H3,(H,25,27). The number of aromatic nitrogens is 1. The first-order valence-electron chi connectivity index (χ1n) is 9.59. The zero-order chi connectivity index (χ0) is 22.7. The fourth-order valence-corrected chi connectivity index (χ4v) is 3.62. The van der Waals surface area contributed by atoms with E-state index in [9.17, 15) is 9.59 Å². The van der Waals surface area contributed by atoms with Crippen LogP contribution in [0.3, 0.4) is 0 Å². The Balaban J connectivity index is 1.28. The highest BCUT2D eigenvalue weighted by Gasteiger charge is 2.16. The van der Waals surface area contributed by atoms with Crippen molar-refractivity contribution in [2.24, 2.45) is 0 Å². The molecule has 1 N–H and O–H groups in total. The lowest BCUT2D eigenvalue weighted by Gasteiger charge is -2.12. The van der Waals surface area contributed by atoms with Gasteiger partial charge in [0.25, 0.3) is 5.91 Å². The number of ether oxygens (including phenoxy) is 4. The van der Waals surface area contributed by atoms with Crippen molar-refractivity contribution in [2.45, 2.75) is 13.5 Å². The minimum Gasteiger partial charge on any atom is -0.478 e. The summed E-state index contributed by atoms with van der Waals surface area (Å²) in [6, 6.07) is 10.5. The first-order chi connectivity index (χ1) is 15.4. The van der Waals surface area contributed by atoms with Gasteiger partial charge in [0.15, 0.2) is 30.5 Å². The summed E-state index contributed by atoms with van der Waals surface area (Å²) >= 11 is 12.4. The van der Waals surface area contributed by atoms with Crippen molar-refractivity contribution in [1.82, 2.24) is 10.3 Å². The summed E-state index contributed by atoms with van der Waals surface area (Å²) in [7, 11) is 0. The van der Waals surface area contributed by atoms with Gasteiger partial charge in [-0.15, -0.1) is 0 Å². The number of pyridine rings is 1. The van der Waals surface area contributed by atoms with Crippen molar-refractivity contribution in [3.05, 3.63) is 57.7 Å². The molecule has 10 heteroatoms. The van der Waals surface area contributed by atoms with E-state index in [2.05, 4.69) is 10.3 Å². The van der Waals surface area contributed by atoms with Gasteiger partial charge in [-0.2, -0.15) is 0 Å². The molecule has 0 radical (unpaired) electrons. The average molecular weight is 477 g/mol. The Morgan fingerprint density at radius 1 is 1.06 bits per heavy atom. The molecule has 3 aromatic rings. The molecule has 2 aromatic carbocycles. The Morgan fingerprint density at radius 2 is 1.88 bits per heavy atom. The predicted octanol–water partition coefficient (Wildman–Crippen LogP) is 3.82. The second-order valence-corrected chi connectivity index (χ2v) is 7.75. The molecule has 1 aliphatic rings. The van der Waals surface area contributed by atoms with Crippen LogP contribution in [-0.4, -0.2) is 36.9 Å². The van der Waals surface area contributed by atoms with Crippen molar-refractivity contribution >= 4 is 46.0 Å². The SMILES string of the molecule is Cc1ccc2c(Cl)cc(Cl)c(OCC(=O)OCC(=O)NCc3ccc4c(c3)OCO4)c2n1. The lowest BCUT2D eigenvalue weighted by atomic mass is 10.2. The van der Waals surface area contributed by atoms with E-state index in [1.54, 1.807) is 18.2 Å². The zero-order valence-electron chi connectivity index (χ0n) is 16.9. The van der Waals surface area contributed by atoms with E-state index < -0.39 is 25.1 Å². The molecule has 0 bridgehead atoms. The molecule has 1 aromatic heterocycles. The fourth-order valence-electron chi connectivity index (χ4n) is 3.05. The van der Waals surface area contributed by atoms with E-state index in [0.717, 1.165) is 11.3 Å². The van der Waals surface area contributed by atoms with E-state index in [4.69, 9.17) is 42.1 Å².